The topological polar surface area (TPSA) is 53.4 Å². The molecule has 6 heteroatoms. The Labute approximate surface area is 168 Å². The maximum Gasteiger partial charge on any atom is 0.317 e. The molecule has 0 spiro atoms. The lowest BCUT2D eigenvalue weighted by Crippen LogP contribution is -2.43. The number of hydrogen-bond donors (Lipinski definition) is 1. The Bertz CT molecular complexity index is 750. The quantitative estimate of drug-likeness (QED) is 0.831. The second-order valence-electron chi connectivity index (χ2n) is 7.83. The molecule has 0 radical (unpaired) electrons. The standard InChI is InChI=1S/C22H33N5O/c1-18-20(17-26(3)24-18)16-25(2)22(28)23-15-21(19-11-7-6-8-12-19)27-13-9-4-5-10-14-27/h6-8,11-12,17,21H,4-5,9-10,13-16H2,1-3H3,(H,23,28)/t21-/m0/s1. The van der Waals surface area contributed by atoms with E-state index in [1.54, 1.807) is 9.58 Å². The van der Waals surface area contributed by atoms with E-state index in [0.29, 0.717) is 13.1 Å². The Morgan fingerprint density at radius 2 is 1.86 bits per heavy atom. The van der Waals surface area contributed by atoms with Gasteiger partial charge in [-0.1, -0.05) is 43.2 Å². The fourth-order valence-corrected chi connectivity index (χ4v) is 3.99. The molecule has 0 unspecified atom stereocenters. The number of hydrogen-bond acceptors (Lipinski definition) is 3. The predicted molar refractivity (Wildman–Crippen MR) is 112 cm³/mol. The van der Waals surface area contributed by atoms with E-state index >= 15 is 0 Å². The molecule has 0 bridgehead atoms. The Morgan fingerprint density at radius 1 is 1.18 bits per heavy atom. The van der Waals surface area contributed by atoms with Crippen LogP contribution in [0.25, 0.3) is 0 Å². The summed E-state index contributed by atoms with van der Waals surface area (Å²) in [7, 11) is 3.74. The van der Waals surface area contributed by atoms with E-state index < -0.39 is 0 Å². The smallest absolute Gasteiger partial charge is 0.317 e. The van der Waals surface area contributed by atoms with Crippen molar-refractivity contribution in [3.05, 3.63) is 53.3 Å². The van der Waals surface area contributed by atoms with Crippen molar-refractivity contribution < 1.29 is 4.79 Å². The molecule has 6 nitrogen and oxygen atoms in total. The Morgan fingerprint density at radius 3 is 2.46 bits per heavy atom. The summed E-state index contributed by atoms with van der Waals surface area (Å²) >= 11 is 0. The van der Waals surface area contributed by atoms with Crippen LogP contribution in [-0.2, 0) is 13.6 Å². The Balaban J connectivity index is 1.63. The molecule has 1 aromatic carbocycles. The summed E-state index contributed by atoms with van der Waals surface area (Å²) in [6, 6.07) is 10.7. The van der Waals surface area contributed by atoms with Crippen molar-refractivity contribution in [1.82, 2.24) is 24.9 Å². The monoisotopic (exact) mass is 383 g/mol. The van der Waals surface area contributed by atoms with Crippen LogP contribution >= 0.6 is 0 Å². The van der Waals surface area contributed by atoms with Gasteiger partial charge in [0, 0.05) is 32.4 Å². The summed E-state index contributed by atoms with van der Waals surface area (Å²) < 4.78 is 1.79. The molecule has 1 aromatic heterocycles. The number of nitrogens with one attached hydrogen (secondary N) is 1. The van der Waals surface area contributed by atoms with Crippen molar-refractivity contribution in [1.29, 1.82) is 0 Å². The number of urea groups is 1. The summed E-state index contributed by atoms with van der Waals surface area (Å²) in [6.07, 6.45) is 7.05. The van der Waals surface area contributed by atoms with Crippen LogP contribution in [0, 0.1) is 6.92 Å². The van der Waals surface area contributed by atoms with Crippen LogP contribution in [0.2, 0.25) is 0 Å². The van der Waals surface area contributed by atoms with E-state index in [-0.39, 0.29) is 12.1 Å². The van der Waals surface area contributed by atoms with Crippen molar-refractivity contribution in [3.63, 3.8) is 0 Å². The zero-order valence-electron chi connectivity index (χ0n) is 17.4. The third-order valence-electron chi connectivity index (χ3n) is 5.58. The molecule has 1 aliphatic heterocycles. The number of benzene rings is 1. The van der Waals surface area contributed by atoms with Gasteiger partial charge in [-0.2, -0.15) is 5.10 Å². The normalized spacial score (nSPS) is 16.4. The first-order valence-corrected chi connectivity index (χ1v) is 10.3. The molecule has 2 heterocycles. The molecule has 0 aliphatic carbocycles. The van der Waals surface area contributed by atoms with E-state index in [0.717, 1.165) is 24.3 Å². The van der Waals surface area contributed by atoms with Crippen LogP contribution in [-0.4, -0.2) is 52.3 Å². The van der Waals surface area contributed by atoms with Gasteiger partial charge in [-0.3, -0.25) is 9.58 Å². The van der Waals surface area contributed by atoms with Crippen molar-refractivity contribution in [2.24, 2.45) is 7.05 Å². The first-order chi connectivity index (χ1) is 13.5. The van der Waals surface area contributed by atoms with Gasteiger partial charge in [0.15, 0.2) is 0 Å². The van der Waals surface area contributed by atoms with E-state index in [4.69, 9.17) is 0 Å². The molecule has 0 saturated carbocycles. The molecular formula is C22H33N5O. The van der Waals surface area contributed by atoms with Crippen molar-refractivity contribution >= 4 is 6.03 Å². The maximum atomic E-state index is 12.7. The largest absolute Gasteiger partial charge is 0.336 e. The van der Waals surface area contributed by atoms with E-state index in [9.17, 15) is 4.79 Å². The van der Waals surface area contributed by atoms with Gasteiger partial charge in [0.25, 0.3) is 0 Å². The molecule has 28 heavy (non-hydrogen) atoms. The molecular weight excluding hydrogens is 350 g/mol. The number of carbonyl (C=O) groups excluding carboxylic acids is 1. The maximum absolute atomic E-state index is 12.7. The Kier molecular flexibility index (Phi) is 7.09. The highest BCUT2D eigenvalue weighted by molar-refractivity contribution is 5.73. The molecule has 3 rings (SSSR count). The average molecular weight is 384 g/mol. The molecule has 1 N–H and O–H groups in total. The minimum Gasteiger partial charge on any atom is -0.336 e. The van der Waals surface area contributed by atoms with Crippen molar-refractivity contribution in [2.45, 2.75) is 45.2 Å². The number of aryl methyl sites for hydroxylation is 2. The van der Waals surface area contributed by atoms with Crippen LogP contribution in [0.15, 0.2) is 36.5 Å². The summed E-state index contributed by atoms with van der Waals surface area (Å²) in [5, 5.41) is 7.52. The zero-order valence-corrected chi connectivity index (χ0v) is 17.4. The van der Waals surface area contributed by atoms with Crippen LogP contribution in [0.5, 0.6) is 0 Å². The van der Waals surface area contributed by atoms with Crippen molar-refractivity contribution in [2.75, 3.05) is 26.7 Å². The number of aromatic nitrogens is 2. The lowest BCUT2D eigenvalue weighted by atomic mass is 10.0. The van der Waals surface area contributed by atoms with Gasteiger partial charge in [0.05, 0.1) is 18.3 Å². The summed E-state index contributed by atoms with van der Waals surface area (Å²) in [5.41, 5.74) is 3.32. The van der Waals surface area contributed by atoms with Crippen molar-refractivity contribution in [3.8, 4) is 0 Å². The molecule has 1 atom stereocenters. The Hall–Kier alpha value is -2.34. The SMILES string of the molecule is Cc1nn(C)cc1CN(C)C(=O)NC[C@@H](c1ccccc1)N1CCCCCC1. The number of rotatable bonds is 6. The van der Waals surface area contributed by atoms with Gasteiger partial charge in [-0.05, 0) is 38.4 Å². The molecule has 1 fully saturated rings. The average Bonchev–Trinajstić information content (AvgIpc) is 2.88. The molecule has 152 valence electrons. The third-order valence-corrected chi connectivity index (χ3v) is 5.58. The van der Waals surface area contributed by atoms with E-state index in [1.165, 1.54) is 31.2 Å². The third kappa shape index (κ3) is 5.35. The predicted octanol–water partition coefficient (Wildman–Crippen LogP) is 3.49. The van der Waals surface area contributed by atoms with Crippen LogP contribution in [0.4, 0.5) is 4.79 Å². The molecule has 2 aromatic rings. The highest BCUT2D eigenvalue weighted by Crippen LogP contribution is 2.23. The summed E-state index contributed by atoms with van der Waals surface area (Å²) in [6.45, 7) is 5.36. The van der Waals surface area contributed by atoms with Crippen LogP contribution in [0.3, 0.4) is 0 Å². The lowest BCUT2D eigenvalue weighted by molar-refractivity contribution is 0.183. The highest BCUT2D eigenvalue weighted by atomic mass is 16.2. The van der Waals surface area contributed by atoms with Gasteiger partial charge >= 0.3 is 6.03 Å². The van der Waals surface area contributed by atoms with E-state index in [1.807, 2.05) is 33.3 Å². The van der Waals surface area contributed by atoms with Gasteiger partial charge < -0.3 is 10.2 Å². The van der Waals surface area contributed by atoms with Gasteiger partial charge in [0.2, 0.25) is 0 Å². The molecule has 2 amide bonds. The minimum absolute atomic E-state index is 0.0426. The second-order valence-corrected chi connectivity index (χ2v) is 7.83. The molecule has 1 saturated heterocycles. The van der Waals surface area contributed by atoms with Gasteiger partial charge in [0.1, 0.15) is 0 Å². The molecule has 1 aliphatic rings. The number of carbonyl (C=O) groups is 1. The van der Waals surface area contributed by atoms with Gasteiger partial charge in [-0.25, -0.2) is 4.79 Å². The lowest BCUT2D eigenvalue weighted by Gasteiger charge is -2.32. The summed E-state index contributed by atoms with van der Waals surface area (Å²) in [4.78, 5) is 17.0. The van der Waals surface area contributed by atoms with E-state index in [2.05, 4.69) is 39.6 Å². The first-order valence-electron chi connectivity index (χ1n) is 10.3. The first kappa shape index (κ1) is 20.4. The summed E-state index contributed by atoms with van der Waals surface area (Å²) in [5.74, 6) is 0. The van der Waals surface area contributed by atoms with Crippen LogP contribution < -0.4 is 5.32 Å². The second kappa shape index (κ2) is 9.73. The number of nitrogens with zero attached hydrogens (tertiary/aromatic N) is 4. The van der Waals surface area contributed by atoms with Crippen LogP contribution in [0.1, 0.15) is 48.5 Å². The highest BCUT2D eigenvalue weighted by Gasteiger charge is 2.23. The van der Waals surface area contributed by atoms with Gasteiger partial charge in [-0.15, -0.1) is 0 Å². The number of likely N-dealkylation sites (tertiary alicyclic amines) is 1. The fourth-order valence-electron chi connectivity index (χ4n) is 3.99. The fraction of sp³-hybridized carbons (Fsp3) is 0.545. The zero-order chi connectivity index (χ0) is 19.9. The number of amides is 2. The minimum atomic E-state index is -0.0426.